The summed E-state index contributed by atoms with van der Waals surface area (Å²) in [6.07, 6.45) is 7.80. The fourth-order valence-electron chi connectivity index (χ4n) is 2.71. The molecule has 0 aromatic carbocycles. The summed E-state index contributed by atoms with van der Waals surface area (Å²) < 4.78 is 13.3. The quantitative estimate of drug-likeness (QED) is 0.734. The van der Waals surface area contributed by atoms with Crippen LogP contribution in [-0.4, -0.2) is 17.6 Å². The van der Waals surface area contributed by atoms with Gasteiger partial charge in [0.1, 0.15) is 0 Å². The van der Waals surface area contributed by atoms with Crippen LogP contribution in [-0.2, 0) is 0 Å². The van der Waals surface area contributed by atoms with Gasteiger partial charge in [0, 0.05) is 30.5 Å². The predicted octanol–water partition coefficient (Wildman–Crippen LogP) is 4.02. The largest absolute Gasteiger partial charge is 0.368 e. The fraction of sp³-hybridized carbons (Fsp3) is 0.667. The minimum absolute atomic E-state index is 0.375. The first-order valence-electron chi connectivity index (χ1n) is 7.05. The van der Waals surface area contributed by atoms with E-state index in [-0.39, 0.29) is 5.95 Å². The molecule has 1 heterocycles. The Morgan fingerprint density at radius 2 is 2.11 bits per heavy atom. The van der Waals surface area contributed by atoms with E-state index in [1.807, 2.05) is 6.07 Å². The molecule has 0 saturated heterocycles. The van der Waals surface area contributed by atoms with E-state index in [0.29, 0.717) is 12.0 Å². The molecule has 2 rings (SSSR count). The van der Waals surface area contributed by atoms with Crippen molar-refractivity contribution in [3.05, 3.63) is 24.3 Å². The molecule has 1 aromatic heterocycles. The Labute approximate surface area is 109 Å². The number of anilines is 1. The summed E-state index contributed by atoms with van der Waals surface area (Å²) in [7, 11) is 0. The minimum Gasteiger partial charge on any atom is -0.368 e. The summed E-state index contributed by atoms with van der Waals surface area (Å²) in [6, 6.07) is 4.09. The van der Waals surface area contributed by atoms with Crippen molar-refractivity contribution in [1.82, 2.24) is 4.98 Å². The fourth-order valence-corrected chi connectivity index (χ4v) is 2.71. The van der Waals surface area contributed by atoms with Crippen molar-refractivity contribution in [3.63, 3.8) is 0 Å². The van der Waals surface area contributed by atoms with Crippen LogP contribution in [0.5, 0.6) is 0 Å². The van der Waals surface area contributed by atoms with Gasteiger partial charge in [-0.1, -0.05) is 26.7 Å². The molecule has 1 aromatic rings. The Kier molecular flexibility index (Phi) is 4.56. The molecule has 0 atom stereocenters. The molecule has 1 aliphatic rings. The zero-order chi connectivity index (χ0) is 13.0. The maximum absolute atomic E-state index is 13.3. The van der Waals surface area contributed by atoms with E-state index in [1.54, 1.807) is 12.3 Å². The Morgan fingerprint density at radius 3 is 2.72 bits per heavy atom. The third kappa shape index (κ3) is 3.44. The number of aromatic nitrogens is 1. The molecule has 0 radical (unpaired) electrons. The highest BCUT2D eigenvalue weighted by atomic mass is 19.1. The van der Waals surface area contributed by atoms with Gasteiger partial charge >= 0.3 is 0 Å². The molecular formula is C15H23FN2. The first kappa shape index (κ1) is 13.3. The van der Waals surface area contributed by atoms with Crippen LogP contribution in [0.15, 0.2) is 18.3 Å². The zero-order valence-corrected chi connectivity index (χ0v) is 11.4. The molecule has 0 N–H and O–H groups in total. The lowest BCUT2D eigenvalue weighted by Gasteiger charge is -2.31. The highest BCUT2D eigenvalue weighted by Crippen LogP contribution is 2.28. The van der Waals surface area contributed by atoms with Gasteiger partial charge in [0.15, 0.2) is 0 Å². The Hall–Kier alpha value is -1.12. The lowest BCUT2D eigenvalue weighted by molar-refractivity contribution is 0.525. The van der Waals surface area contributed by atoms with Crippen LogP contribution in [0.4, 0.5) is 10.1 Å². The highest BCUT2D eigenvalue weighted by Gasteiger charge is 2.23. The van der Waals surface area contributed by atoms with Crippen LogP contribution < -0.4 is 4.90 Å². The summed E-state index contributed by atoms with van der Waals surface area (Å²) >= 11 is 0. The van der Waals surface area contributed by atoms with Gasteiger partial charge in [-0.3, -0.25) is 0 Å². The number of hydrogen-bond donors (Lipinski definition) is 0. The summed E-state index contributed by atoms with van der Waals surface area (Å²) in [5, 5.41) is 0. The second kappa shape index (κ2) is 6.17. The molecule has 3 heteroatoms. The van der Waals surface area contributed by atoms with Gasteiger partial charge in [-0.05, 0) is 31.2 Å². The van der Waals surface area contributed by atoms with E-state index in [4.69, 9.17) is 0 Å². The zero-order valence-electron chi connectivity index (χ0n) is 11.4. The van der Waals surface area contributed by atoms with Gasteiger partial charge in [-0.25, -0.2) is 4.98 Å². The van der Waals surface area contributed by atoms with Crippen LogP contribution in [0.3, 0.4) is 0 Å². The Morgan fingerprint density at radius 1 is 1.39 bits per heavy atom. The van der Waals surface area contributed by atoms with E-state index in [9.17, 15) is 4.39 Å². The van der Waals surface area contributed by atoms with E-state index < -0.39 is 0 Å². The smallest absolute Gasteiger partial charge is 0.214 e. The van der Waals surface area contributed by atoms with E-state index in [1.165, 1.54) is 25.7 Å². The molecule has 0 unspecified atom stereocenters. The van der Waals surface area contributed by atoms with Crippen molar-refractivity contribution in [3.8, 4) is 0 Å². The van der Waals surface area contributed by atoms with Crippen LogP contribution in [0.1, 0.15) is 46.0 Å². The molecule has 0 amide bonds. The van der Waals surface area contributed by atoms with Crippen LogP contribution in [0.25, 0.3) is 0 Å². The maximum Gasteiger partial charge on any atom is 0.214 e. The minimum atomic E-state index is -0.375. The van der Waals surface area contributed by atoms with Crippen molar-refractivity contribution in [1.29, 1.82) is 0 Å². The average Bonchev–Trinajstić information content (AvgIpc) is 2.83. The number of rotatable bonds is 5. The van der Waals surface area contributed by atoms with Crippen LogP contribution in [0, 0.1) is 11.9 Å². The Bertz CT molecular complexity index is 373. The summed E-state index contributed by atoms with van der Waals surface area (Å²) in [5.41, 5.74) is 0.995. The molecule has 0 bridgehead atoms. The standard InChI is InChI=1S/C15H23FN2/c1-12(2)8-10-18(13-5-3-4-6-13)14-7-9-17-15(16)11-14/h7,9,11-13H,3-6,8,10H2,1-2H3. The van der Waals surface area contributed by atoms with Crippen molar-refractivity contribution >= 4 is 5.69 Å². The van der Waals surface area contributed by atoms with Gasteiger partial charge in [0.25, 0.3) is 0 Å². The molecule has 1 aliphatic carbocycles. The molecule has 1 fully saturated rings. The third-order valence-electron chi connectivity index (χ3n) is 3.75. The Balaban J connectivity index is 2.12. The summed E-state index contributed by atoms with van der Waals surface area (Å²) in [4.78, 5) is 6.04. The number of halogens is 1. The molecular weight excluding hydrogens is 227 g/mol. The maximum atomic E-state index is 13.3. The molecule has 2 nitrogen and oxygen atoms in total. The van der Waals surface area contributed by atoms with Gasteiger partial charge in [-0.2, -0.15) is 4.39 Å². The average molecular weight is 250 g/mol. The predicted molar refractivity (Wildman–Crippen MR) is 73.3 cm³/mol. The van der Waals surface area contributed by atoms with Gasteiger partial charge in [0.05, 0.1) is 0 Å². The van der Waals surface area contributed by atoms with Crippen molar-refractivity contribution in [2.75, 3.05) is 11.4 Å². The number of hydrogen-bond acceptors (Lipinski definition) is 2. The molecule has 0 aliphatic heterocycles. The highest BCUT2D eigenvalue weighted by molar-refractivity contribution is 5.46. The first-order chi connectivity index (χ1) is 8.66. The lowest BCUT2D eigenvalue weighted by atomic mass is 10.1. The first-order valence-corrected chi connectivity index (χ1v) is 7.05. The van der Waals surface area contributed by atoms with Crippen LogP contribution in [0.2, 0.25) is 0 Å². The van der Waals surface area contributed by atoms with Gasteiger partial charge in [0.2, 0.25) is 5.95 Å². The number of nitrogens with zero attached hydrogens (tertiary/aromatic N) is 2. The SMILES string of the molecule is CC(C)CCN(c1ccnc(F)c1)C1CCCC1. The van der Waals surface area contributed by atoms with Crippen molar-refractivity contribution in [2.24, 2.45) is 5.92 Å². The third-order valence-corrected chi connectivity index (χ3v) is 3.75. The van der Waals surface area contributed by atoms with E-state index in [2.05, 4.69) is 23.7 Å². The summed E-state index contributed by atoms with van der Waals surface area (Å²) in [5.74, 6) is 0.306. The second-order valence-electron chi connectivity index (χ2n) is 5.65. The molecule has 0 spiro atoms. The second-order valence-corrected chi connectivity index (χ2v) is 5.65. The monoisotopic (exact) mass is 250 g/mol. The topological polar surface area (TPSA) is 16.1 Å². The molecule has 100 valence electrons. The normalized spacial score (nSPS) is 16.4. The molecule has 1 saturated carbocycles. The number of pyridine rings is 1. The van der Waals surface area contributed by atoms with Crippen molar-refractivity contribution in [2.45, 2.75) is 52.0 Å². The van der Waals surface area contributed by atoms with Gasteiger partial charge in [-0.15, -0.1) is 0 Å². The van der Waals surface area contributed by atoms with E-state index >= 15 is 0 Å². The van der Waals surface area contributed by atoms with E-state index in [0.717, 1.165) is 18.7 Å². The van der Waals surface area contributed by atoms with Gasteiger partial charge < -0.3 is 4.90 Å². The lowest BCUT2D eigenvalue weighted by Crippen LogP contribution is -2.34. The van der Waals surface area contributed by atoms with Crippen molar-refractivity contribution < 1.29 is 4.39 Å². The van der Waals surface area contributed by atoms with Crippen LogP contribution >= 0.6 is 0 Å². The molecule has 18 heavy (non-hydrogen) atoms. The summed E-state index contributed by atoms with van der Waals surface area (Å²) in [6.45, 7) is 5.49.